The molecule has 104 valence electrons. The number of rotatable bonds is 3. The van der Waals surface area contributed by atoms with Crippen LogP contribution in [0.15, 0.2) is 18.2 Å². The van der Waals surface area contributed by atoms with Crippen LogP contribution in [-0.4, -0.2) is 18.1 Å². The number of carbonyl (C=O) groups is 1. The van der Waals surface area contributed by atoms with Gasteiger partial charge in [-0.3, -0.25) is 0 Å². The number of nitrogens with one attached hydrogen (secondary N) is 1. The molecule has 20 heavy (non-hydrogen) atoms. The van der Waals surface area contributed by atoms with Crippen molar-refractivity contribution in [3.63, 3.8) is 0 Å². The lowest BCUT2D eigenvalue weighted by Crippen LogP contribution is -2.06. The molecule has 0 unspecified atom stereocenters. The average Bonchev–Trinajstić information content (AvgIpc) is 3.00. The van der Waals surface area contributed by atoms with E-state index in [2.05, 4.69) is 10.3 Å². The zero-order valence-electron chi connectivity index (χ0n) is 11.1. The van der Waals surface area contributed by atoms with Gasteiger partial charge in [-0.25, -0.2) is 9.78 Å². The summed E-state index contributed by atoms with van der Waals surface area (Å²) in [4.78, 5) is 17.7. The number of nitrogens with two attached hydrogens (primary N) is 1. The highest BCUT2D eigenvalue weighted by Gasteiger charge is 2.18. The largest absolute Gasteiger partial charge is 0.465 e. The summed E-state index contributed by atoms with van der Waals surface area (Å²) in [6.07, 6.45) is 3.32. The first kappa shape index (κ1) is 12.9. The Bertz CT molecular complexity index is 645. The smallest absolute Gasteiger partial charge is 0.340 e. The van der Waals surface area contributed by atoms with E-state index >= 15 is 0 Å². The van der Waals surface area contributed by atoms with Crippen LogP contribution < -0.4 is 11.1 Å². The van der Waals surface area contributed by atoms with Crippen molar-refractivity contribution in [2.24, 2.45) is 0 Å². The molecule has 1 aromatic heterocycles. The molecule has 0 bridgehead atoms. The highest BCUT2D eigenvalue weighted by Crippen LogP contribution is 2.33. The summed E-state index contributed by atoms with van der Waals surface area (Å²) >= 11 is 1.64. The fourth-order valence-electron chi connectivity index (χ4n) is 2.31. The second-order valence-corrected chi connectivity index (χ2v) is 5.75. The predicted molar refractivity (Wildman–Crippen MR) is 79.6 cm³/mol. The van der Waals surface area contributed by atoms with E-state index in [1.54, 1.807) is 29.5 Å². The van der Waals surface area contributed by atoms with Gasteiger partial charge in [0.2, 0.25) is 0 Å². The number of thiazole rings is 1. The van der Waals surface area contributed by atoms with E-state index in [0.717, 1.165) is 18.0 Å². The molecule has 3 N–H and O–H groups in total. The van der Waals surface area contributed by atoms with Gasteiger partial charge in [-0.05, 0) is 37.5 Å². The van der Waals surface area contributed by atoms with Crippen LogP contribution in [0.4, 0.5) is 16.5 Å². The molecule has 0 saturated heterocycles. The first-order chi connectivity index (χ1) is 9.67. The number of ether oxygens (including phenoxy) is 1. The lowest BCUT2D eigenvalue weighted by Gasteiger charge is -2.09. The van der Waals surface area contributed by atoms with Gasteiger partial charge in [-0.1, -0.05) is 0 Å². The van der Waals surface area contributed by atoms with Gasteiger partial charge in [0.25, 0.3) is 0 Å². The zero-order valence-corrected chi connectivity index (χ0v) is 11.9. The summed E-state index contributed by atoms with van der Waals surface area (Å²) in [7, 11) is 1.35. The number of fused-ring (bicyclic) bond motifs is 1. The van der Waals surface area contributed by atoms with E-state index in [-0.39, 0.29) is 0 Å². The third kappa shape index (κ3) is 2.34. The molecule has 0 saturated carbocycles. The Balaban J connectivity index is 1.91. The maximum atomic E-state index is 11.8. The third-order valence-corrected chi connectivity index (χ3v) is 4.36. The highest BCUT2D eigenvalue weighted by molar-refractivity contribution is 7.15. The van der Waals surface area contributed by atoms with E-state index in [0.29, 0.717) is 16.9 Å². The summed E-state index contributed by atoms with van der Waals surface area (Å²) < 4.78 is 4.78. The molecule has 1 aliphatic carbocycles. The molecule has 5 nitrogen and oxygen atoms in total. The summed E-state index contributed by atoms with van der Waals surface area (Å²) in [5.74, 6) is -0.413. The van der Waals surface area contributed by atoms with Crippen molar-refractivity contribution in [3.8, 4) is 0 Å². The van der Waals surface area contributed by atoms with Crippen LogP contribution in [-0.2, 0) is 17.6 Å². The van der Waals surface area contributed by atoms with Crippen LogP contribution >= 0.6 is 11.3 Å². The monoisotopic (exact) mass is 289 g/mol. The van der Waals surface area contributed by atoms with E-state index in [1.807, 2.05) is 0 Å². The Morgan fingerprint density at radius 1 is 1.45 bits per heavy atom. The second kappa shape index (κ2) is 5.13. The lowest BCUT2D eigenvalue weighted by atomic mass is 10.1. The SMILES string of the molecule is COC(=O)c1cc(N)ccc1Nc1nc2c(s1)CCC2. The van der Waals surface area contributed by atoms with Crippen LogP contribution in [0.25, 0.3) is 0 Å². The van der Waals surface area contributed by atoms with Gasteiger partial charge >= 0.3 is 5.97 Å². The van der Waals surface area contributed by atoms with Crippen LogP contribution in [0.2, 0.25) is 0 Å². The number of esters is 1. The number of aryl methyl sites for hydroxylation is 2. The summed E-state index contributed by atoms with van der Waals surface area (Å²) in [6, 6.07) is 5.12. The molecule has 3 rings (SSSR count). The standard InChI is InChI=1S/C14H15N3O2S/c1-19-13(18)9-7-8(15)5-6-10(9)16-14-17-11-3-2-4-12(11)20-14/h5-7H,2-4,15H2,1H3,(H,16,17). The summed E-state index contributed by atoms with van der Waals surface area (Å²) in [5, 5.41) is 4.01. The van der Waals surface area contributed by atoms with Crippen molar-refractivity contribution in [1.82, 2.24) is 4.98 Å². The number of carbonyl (C=O) groups excluding carboxylic acids is 1. The summed E-state index contributed by atoms with van der Waals surface area (Å²) in [5.41, 5.74) is 8.51. The number of anilines is 3. The highest BCUT2D eigenvalue weighted by atomic mass is 32.1. The molecule has 1 aliphatic rings. The van der Waals surface area contributed by atoms with Gasteiger partial charge in [0.05, 0.1) is 24.1 Å². The molecule has 0 radical (unpaired) electrons. The van der Waals surface area contributed by atoms with Crippen LogP contribution in [0.3, 0.4) is 0 Å². The first-order valence-corrected chi connectivity index (χ1v) is 7.22. The minimum atomic E-state index is -0.413. The second-order valence-electron chi connectivity index (χ2n) is 4.66. The number of nitrogens with zero attached hydrogens (tertiary/aromatic N) is 1. The van der Waals surface area contributed by atoms with Gasteiger partial charge in [0.15, 0.2) is 5.13 Å². The van der Waals surface area contributed by atoms with Crippen molar-refractivity contribution in [2.75, 3.05) is 18.2 Å². The van der Waals surface area contributed by atoms with Gasteiger partial charge in [-0.15, -0.1) is 11.3 Å². The Kier molecular flexibility index (Phi) is 3.31. The number of hydrogen-bond acceptors (Lipinski definition) is 6. The fraction of sp³-hybridized carbons (Fsp3) is 0.286. The van der Waals surface area contributed by atoms with E-state index < -0.39 is 5.97 Å². The molecule has 0 fully saturated rings. The number of methoxy groups -OCH3 is 1. The van der Waals surface area contributed by atoms with Crippen molar-refractivity contribution in [1.29, 1.82) is 0 Å². The van der Waals surface area contributed by atoms with E-state index in [9.17, 15) is 4.79 Å². The number of benzene rings is 1. The first-order valence-electron chi connectivity index (χ1n) is 6.41. The molecule has 0 atom stereocenters. The molecular weight excluding hydrogens is 274 g/mol. The fourth-order valence-corrected chi connectivity index (χ4v) is 3.37. The predicted octanol–water partition coefficient (Wildman–Crippen LogP) is 2.74. The Morgan fingerprint density at radius 3 is 3.05 bits per heavy atom. The van der Waals surface area contributed by atoms with Gasteiger partial charge in [-0.2, -0.15) is 0 Å². The van der Waals surface area contributed by atoms with Gasteiger partial charge < -0.3 is 15.8 Å². The van der Waals surface area contributed by atoms with Crippen molar-refractivity contribution < 1.29 is 9.53 Å². The van der Waals surface area contributed by atoms with Crippen molar-refractivity contribution in [3.05, 3.63) is 34.3 Å². The van der Waals surface area contributed by atoms with Crippen molar-refractivity contribution in [2.45, 2.75) is 19.3 Å². The minimum absolute atomic E-state index is 0.413. The van der Waals surface area contributed by atoms with Crippen LogP contribution in [0.5, 0.6) is 0 Å². The molecular formula is C14H15N3O2S. The number of nitrogen functional groups attached to an aromatic ring is 1. The molecule has 0 amide bonds. The van der Waals surface area contributed by atoms with E-state index in [1.165, 1.54) is 24.1 Å². The normalized spacial score (nSPS) is 13.1. The zero-order chi connectivity index (χ0) is 14.1. The molecule has 1 aromatic carbocycles. The van der Waals surface area contributed by atoms with Crippen LogP contribution in [0, 0.1) is 0 Å². The maximum absolute atomic E-state index is 11.8. The molecule has 6 heteroatoms. The van der Waals surface area contributed by atoms with Gasteiger partial charge in [0.1, 0.15) is 0 Å². The topological polar surface area (TPSA) is 77.2 Å². The van der Waals surface area contributed by atoms with E-state index in [4.69, 9.17) is 10.5 Å². The lowest BCUT2D eigenvalue weighted by molar-refractivity contribution is 0.0602. The quantitative estimate of drug-likeness (QED) is 0.671. The molecule has 2 aromatic rings. The average molecular weight is 289 g/mol. The molecule has 1 heterocycles. The third-order valence-electron chi connectivity index (χ3n) is 3.29. The number of hydrogen-bond donors (Lipinski definition) is 2. The molecule has 0 aliphatic heterocycles. The van der Waals surface area contributed by atoms with Gasteiger partial charge in [0, 0.05) is 10.6 Å². The maximum Gasteiger partial charge on any atom is 0.340 e. The van der Waals surface area contributed by atoms with Crippen molar-refractivity contribution >= 4 is 33.8 Å². The minimum Gasteiger partial charge on any atom is -0.465 e. The Hall–Kier alpha value is -2.08. The Morgan fingerprint density at radius 2 is 2.30 bits per heavy atom. The van der Waals surface area contributed by atoms with Crippen LogP contribution in [0.1, 0.15) is 27.3 Å². The molecule has 0 spiro atoms. The Labute approximate surface area is 120 Å². The number of aromatic nitrogens is 1. The summed E-state index contributed by atoms with van der Waals surface area (Å²) in [6.45, 7) is 0.